The van der Waals surface area contributed by atoms with Gasteiger partial charge in [-0.2, -0.15) is 0 Å². The third-order valence-electron chi connectivity index (χ3n) is 4.18. The van der Waals surface area contributed by atoms with Crippen molar-refractivity contribution >= 4 is 16.9 Å². The molecule has 23 heavy (non-hydrogen) atoms. The standard InChI is InChI=1S/C19H27NO3/c1-5-8-20-12-13(7-6-9-21)15-10-14(18(22)23)11-16(17(15)20)19(2,3)4/h10-12,21H,5-9H2,1-4H3,(H,22,23). The number of aliphatic hydroxyl groups excluding tert-OH is 1. The zero-order valence-electron chi connectivity index (χ0n) is 14.5. The van der Waals surface area contributed by atoms with Gasteiger partial charge < -0.3 is 14.8 Å². The van der Waals surface area contributed by atoms with Gasteiger partial charge in [-0.1, -0.05) is 27.7 Å². The first-order chi connectivity index (χ1) is 10.8. The van der Waals surface area contributed by atoms with Gasteiger partial charge in [0.25, 0.3) is 0 Å². The first-order valence-electron chi connectivity index (χ1n) is 8.30. The zero-order valence-corrected chi connectivity index (χ0v) is 14.5. The van der Waals surface area contributed by atoms with Crippen molar-refractivity contribution in [2.75, 3.05) is 6.61 Å². The van der Waals surface area contributed by atoms with Gasteiger partial charge in [0.15, 0.2) is 0 Å². The van der Waals surface area contributed by atoms with Gasteiger partial charge in [0.2, 0.25) is 0 Å². The highest BCUT2D eigenvalue weighted by Crippen LogP contribution is 2.35. The molecule has 0 aliphatic carbocycles. The van der Waals surface area contributed by atoms with E-state index >= 15 is 0 Å². The van der Waals surface area contributed by atoms with E-state index in [2.05, 4.69) is 38.5 Å². The van der Waals surface area contributed by atoms with E-state index in [9.17, 15) is 9.90 Å². The molecule has 0 unspecified atom stereocenters. The van der Waals surface area contributed by atoms with Crippen molar-refractivity contribution in [3.63, 3.8) is 0 Å². The van der Waals surface area contributed by atoms with Gasteiger partial charge >= 0.3 is 5.97 Å². The SMILES string of the molecule is CCCn1cc(CCCO)c2cc(C(=O)O)cc(C(C)(C)C)c21. The third kappa shape index (κ3) is 3.58. The molecule has 1 aromatic carbocycles. The number of hydrogen-bond acceptors (Lipinski definition) is 2. The van der Waals surface area contributed by atoms with E-state index in [1.54, 1.807) is 6.07 Å². The van der Waals surface area contributed by atoms with E-state index < -0.39 is 5.97 Å². The molecule has 0 atom stereocenters. The molecule has 0 amide bonds. The maximum absolute atomic E-state index is 11.5. The van der Waals surface area contributed by atoms with E-state index in [-0.39, 0.29) is 12.0 Å². The van der Waals surface area contributed by atoms with E-state index in [0.717, 1.165) is 41.4 Å². The largest absolute Gasteiger partial charge is 0.478 e. The molecule has 0 bridgehead atoms. The van der Waals surface area contributed by atoms with Gasteiger partial charge in [0.1, 0.15) is 0 Å². The Morgan fingerprint density at radius 2 is 1.96 bits per heavy atom. The summed E-state index contributed by atoms with van der Waals surface area (Å²) in [4.78, 5) is 11.5. The quantitative estimate of drug-likeness (QED) is 0.847. The molecule has 0 radical (unpaired) electrons. The van der Waals surface area contributed by atoms with Crippen LogP contribution in [-0.2, 0) is 18.4 Å². The summed E-state index contributed by atoms with van der Waals surface area (Å²) in [5, 5.41) is 19.6. The molecule has 0 aliphatic rings. The van der Waals surface area contributed by atoms with Crippen LogP contribution in [0.4, 0.5) is 0 Å². The molecule has 4 nitrogen and oxygen atoms in total. The van der Waals surface area contributed by atoms with Crippen LogP contribution in [0.25, 0.3) is 10.9 Å². The van der Waals surface area contributed by atoms with Crippen molar-refractivity contribution in [3.05, 3.63) is 35.0 Å². The van der Waals surface area contributed by atoms with E-state index in [0.29, 0.717) is 12.0 Å². The molecule has 2 rings (SSSR count). The van der Waals surface area contributed by atoms with Crippen LogP contribution in [0, 0.1) is 0 Å². The molecule has 2 N–H and O–H groups in total. The number of aromatic nitrogens is 1. The minimum atomic E-state index is -0.895. The van der Waals surface area contributed by atoms with Gasteiger partial charge in [-0.05, 0) is 47.9 Å². The van der Waals surface area contributed by atoms with Gasteiger partial charge in [-0.25, -0.2) is 4.79 Å². The number of carboxylic acids is 1. The molecule has 0 aliphatic heterocycles. The summed E-state index contributed by atoms with van der Waals surface area (Å²) in [6.45, 7) is 9.54. The molecule has 126 valence electrons. The maximum Gasteiger partial charge on any atom is 0.335 e. The average molecular weight is 317 g/mol. The normalized spacial score (nSPS) is 12.0. The van der Waals surface area contributed by atoms with Crippen molar-refractivity contribution in [3.8, 4) is 0 Å². The maximum atomic E-state index is 11.5. The van der Waals surface area contributed by atoms with Crippen LogP contribution in [0.3, 0.4) is 0 Å². The Bertz CT molecular complexity index is 707. The summed E-state index contributed by atoms with van der Waals surface area (Å²) < 4.78 is 2.24. The van der Waals surface area contributed by atoms with Crippen LogP contribution in [0.1, 0.15) is 62.0 Å². The minimum Gasteiger partial charge on any atom is -0.478 e. The van der Waals surface area contributed by atoms with E-state index in [4.69, 9.17) is 5.11 Å². The number of aromatic carboxylic acids is 1. The lowest BCUT2D eigenvalue weighted by Gasteiger charge is -2.22. The van der Waals surface area contributed by atoms with Crippen molar-refractivity contribution < 1.29 is 15.0 Å². The minimum absolute atomic E-state index is 0.137. The van der Waals surface area contributed by atoms with Crippen LogP contribution < -0.4 is 0 Å². The van der Waals surface area contributed by atoms with Gasteiger partial charge in [0.05, 0.1) is 11.1 Å². The van der Waals surface area contributed by atoms with Gasteiger partial charge in [-0.15, -0.1) is 0 Å². The number of benzene rings is 1. The highest BCUT2D eigenvalue weighted by molar-refractivity contribution is 5.97. The lowest BCUT2D eigenvalue weighted by molar-refractivity contribution is 0.0697. The smallest absolute Gasteiger partial charge is 0.335 e. The van der Waals surface area contributed by atoms with E-state index in [1.165, 1.54) is 0 Å². The Balaban J connectivity index is 2.79. The zero-order chi connectivity index (χ0) is 17.2. The van der Waals surface area contributed by atoms with Crippen molar-refractivity contribution in [2.45, 2.75) is 58.9 Å². The number of rotatable bonds is 6. The number of carboxylic acid groups (broad SMARTS) is 1. The van der Waals surface area contributed by atoms with Gasteiger partial charge in [0, 0.05) is 24.7 Å². The van der Waals surface area contributed by atoms with Crippen LogP contribution in [0.2, 0.25) is 0 Å². The molecule has 0 fully saturated rings. The van der Waals surface area contributed by atoms with Crippen molar-refractivity contribution in [1.82, 2.24) is 4.57 Å². The third-order valence-corrected chi connectivity index (χ3v) is 4.18. The molecule has 2 aromatic rings. The number of carbonyl (C=O) groups is 1. The second kappa shape index (κ2) is 6.75. The fraction of sp³-hybridized carbons (Fsp3) is 0.526. The molecule has 4 heteroatoms. The first kappa shape index (κ1) is 17.5. The summed E-state index contributed by atoms with van der Waals surface area (Å²) in [6, 6.07) is 3.60. The Kier molecular flexibility index (Phi) is 5.15. The molecule has 1 heterocycles. The van der Waals surface area contributed by atoms with Gasteiger partial charge in [-0.3, -0.25) is 0 Å². The Morgan fingerprint density at radius 3 is 2.48 bits per heavy atom. The number of fused-ring (bicyclic) bond motifs is 1. The Labute approximate surface area is 137 Å². The molecule has 0 saturated carbocycles. The van der Waals surface area contributed by atoms with E-state index in [1.807, 2.05) is 6.07 Å². The molecule has 1 aromatic heterocycles. The second-order valence-corrected chi connectivity index (χ2v) is 7.15. The number of nitrogens with zero attached hydrogens (tertiary/aromatic N) is 1. The summed E-state index contributed by atoms with van der Waals surface area (Å²) >= 11 is 0. The van der Waals surface area contributed by atoms with Crippen LogP contribution >= 0.6 is 0 Å². The number of aryl methyl sites for hydroxylation is 2. The molecular weight excluding hydrogens is 290 g/mol. The van der Waals surface area contributed by atoms with Crippen molar-refractivity contribution in [1.29, 1.82) is 0 Å². The lowest BCUT2D eigenvalue weighted by Crippen LogP contribution is -2.15. The average Bonchev–Trinajstić information content (AvgIpc) is 2.81. The number of hydrogen-bond donors (Lipinski definition) is 2. The summed E-state index contributed by atoms with van der Waals surface area (Å²) in [5.41, 5.74) is 3.52. The highest BCUT2D eigenvalue weighted by Gasteiger charge is 2.23. The van der Waals surface area contributed by atoms with Crippen LogP contribution in [-0.4, -0.2) is 27.4 Å². The monoisotopic (exact) mass is 317 g/mol. The first-order valence-corrected chi connectivity index (χ1v) is 8.30. The summed E-state index contributed by atoms with van der Waals surface area (Å²) in [7, 11) is 0. The summed E-state index contributed by atoms with van der Waals surface area (Å²) in [5.74, 6) is -0.895. The predicted octanol–water partition coefficient (Wildman–Crippen LogP) is 3.97. The summed E-state index contributed by atoms with van der Waals surface area (Å²) in [6.07, 6.45) is 4.60. The highest BCUT2D eigenvalue weighted by atomic mass is 16.4. The lowest BCUT2D eigenvalue weighted by atomic mass is 9.84. The van der Waals surface area contributed by atoms with Crippen molar-refractivity contribution in [2.24, 2.45) is 0 Å². The molecule has 0 spiro atoms. The fourth-order valence-electron chi connectivity index (χ4n) is 3.09. The Morgan fingerprint density at radius 1 is 1.26 bits per heavy atom. The molecular formula is C19H27NO3. The van der Waals surface area contributed by atoms with Crippen LogP contribution in [0.15, 0.2) is 18.3 Å². The predicted molar refractivity (Wildman–Crippen MR) is 93.3 cm³/mol. The number of aliphatic hydroxyl groups is 1. The topological polar surface area (TPSA) is 62.5 Å². The molecule has 0 saturated heterocycles. The second-order valence-electron chi connectivity index (χ2n) is 7.15. The van der Waals surface area contributed by atoms with Crippen LogP contribution in [0.5, 0.6) is 0 Å². The fourth-order valence-corrected chi connectivity index (χ4v) is 3.09. The Hall–Kier alpha value is -1.81.